The van der Waals surface area contributed by atoms with Gasteiger partial charge in [-0.15, -0.1) is 11.3 Å². The molecule has 0 unspecified atom stereocenters. The lowest BCUT2D eigenvalue weighted by atomic mass is 10.00. The Bertz CT molecular complexity index is 966. The molecule has 5 rings (SSSR count). The van der Waals surface area contributed by atoms with Gasteiger partial charge in [0.2, 0.25) is 11.8 Å². The van der Waals surface area contributed by atoms with Crippen molar-refractivity contribution in [2.45, 2.75) is 57.0 Å². The fraction of sp³-hybridized carbons (Fsp3) is 0.520. The average molecular weight is 473 g/mol. The zero-order chi connectivity index (χ0) is 22.1. The van der Waals surface area contributed by atoms with Crippen LogP contribution in [0.2, 0.25) is 5.02 Å². The van der Waals surface area contributed by atoms with E-state index in [-0.39, 0.29) is 36.4 Å². The Morgan fingerprint density at radius 3 is 2.56 bits per heavy atom. The Balaban J connectivity index is 1.31. The van der Waals surface area contributed by atoms with Gasteiger partial charge in [-0.2, -0.15) is 0 Å². The average Bonchev–Trinajstić information content (AvgIpc) is 3.28. The van der Waals surface area contributed by atoms with E-state index in [0.29, 0.717) is 18.2 Å². The molecule has 0 radical (unpaired) electrons. The van der Waals surface area contributed by atoms with E-state index in [9.17, 15) is 9.59 Å². The molecular formula is C25H29ClN2O3S. The molecule has 0 spiro atoms. The van der Waals surface area contributed by atoms with E-state index >= 15 is 0 Å². The number of ether oxygens (including phenoxy) is 1. The van der Waals surface area contributed by atoms with Gasteiger partial charge < -0.3 is 14.5 Å². The van der Waals surface area contributed by atoms with E-state index in [4.69, 9.17) is 16.3 Å². The molecule has 7 heteroatoms. The molecule has 2 fully saturated rings. The lowest BCUT2D eigenvalue weighted by molar-refractivity contribution is -0.145. The molecule has 1 aromatic heterocycles. The van der Waals surface area contributed by atoms with Gasteiger partial charge in [-0.3, -0.25) is 9.59 Å². The number of nitrogens with zero attached hydrogens (tertiary/aromatic N) is 2. The van der Waals surface area contributed by atoms with E-state index in [1.165, 1.54) is 10.4 Å². The number of benzene rings is 1. The molecule has 2 aliphatic carbocycles. The van der Waals surface area contributed by atoms with E-state index in [1.54, 1.807) is 23.5 Å². The van der Waals surface area contributed by atoms with Crippen molar-refractivity contribution in [3.63, 3.8) is 0 Å². The van der Waals surface area contributed by atoms with Crippen LogP contribution in [-0.2, 0) is 16.0 Å². The maximum absolute atomic E-state index is 13.5. The number of fused-ring (bicyclic) bond motifs is 1. The normalized spacial score (nSPS) is 20.8. The summed E-state index contributed by atoms with van der Waals surface area (Å²) in [7, 11) is 0. The number of carbonyl (C=O) groups excluding carboxylic acids is 2. The van der Waals surface area contributed by atoms with Crippen molar-refractivity contribution in [2.24, 2.45) is 5.92 Å². The van der Waals surface area contributed by atoms with E-state index in [2.05, 4.69) is 11.4 Å². The Kier molecular flexibility index (Phi) is 6.42. The highest BCUT2D eigenvalue weighted by atomic mass is 35.5. The van der Waals surface area contributed by atoms with Gasteiger partial charge in [0.1, 0.15) is 18.9 Å². The Morgan fingerprint density at radius 2 is 1.84 bits per heavy atom. The zero-order valence-corrected chi connectivity index (χ0v) is 19.7. The van der Waals surface area contributed by atoms with Crippen molar-refractivity contribution in [3.8, 4) is 5.75 Å². The number of hydrogen-bond donors (Lipinski definition) is 0. The topological polar surface area (TPSA) is 49.9 Å². The van der Waals surface area contributed by atoms with Gasteiger partial charge >= 0.3 is 0 Å². The SMILES string of the molecule is O=C(C1CCCC1)N(CC(=O)N1CCc2sccc2[C@@H]1COc1ccc(Cl)cc1)C1CC1. The highest BCUT2D eigenvalue weighted by Crippen LogP contribution is 2.36. The minimum absolute atomic E-state index is 0.0322. The molecule has 2 heterocycles. The van der Waals surface area contributed by atoms with Crippen LogP contribution in [0.25, 0.3) is 0 Å². The monoisotopic (exact) mass is 472 g/mol. The first-order chi connectivity index (χ1) is 15.6. The van der Waals surface area contributed by atoms with Crippen molar-refractivity contribution >= 4 is 34.8 Å². The molecule has 32 heavy (non-hydrogen) atoms. The molecule has 170 valence electrons. The Morgan fingerprint density at radius 1 is 1.09 bits per heavy atom. The largest absolute Gasteiger partial charge is 0.491 e. The molecule has 1 atom stereocenters. The van der Waals surface area contributed by atoms with Crippen molar-refractivity contribution < 1.29 is 14.3 Å². The smallest absolute Gasteiger partial charge is 0.242 e. The third kappa shape index (κ3) is 4.67. The predicted molar refractivity (Wildman–Crippen MR) is 126 cm³/mol. The lowest BCUT2D eigenvalue weighted by Gasteiger charge is -2.37. The Labute approximate surface area is 198 Å². The minimum atomic E-state index is -0.143. The fourth-order valence-electron chi connectivity index (χ4n) is 5.00. The first-order valence-electron chi connectivity index (χ1n) is 11.6. The van der Waals surface area contributed by atoms with Crippen LogP contribution in [0, 0.1) is 5.92 Å². The summed E-state index contributed by atoms with van der Waals surface area (Å²) in [6.07, 6.45) is 7.08. The summed E-state index contributed by atoms with van der Waals surface area (Å²) in [5, 5.41) is 2.76. The van der Waals surface area contributed by atoms with Crippen molar-refractivity contribution in [3.05, 3.63) is 51.2 Å². The number of hydrogen-bond acceptors (Lipinski definition) is 4. The molecule has 3 aliphatic rings. The second-order valence-electron chi connectivity index (χ2n) is 9.10. The first-order valence-corrected chi connectivity index (χ1v) is 12.9. The second-order valence-corrected chi connectivity index (χ2v) is 10.5. The summed E-state index contributed by atoms with van der Waals surface area (Å²) >= 11 is 7.73. The lowest BCUT2D eigenvalue weighted by Crippen LogP contribution is -2.49. The van der Waals surface area contributed by atoms with Crippen LogP contribution in [0.3, 0.4) is 0 Å². The first kappa shape index (κ1) is 21.8. The summed E-state index contributed by atoms with van der Waals surface area (Å²) in [5.74, 6) is 1.07. The van der Waals surface area contributed by atoms with Crippen LogP contribution in [0.4, 0.5) is 0 Å². The van der Waals surface area contributed by atoms with Crippen molar-refractivity contribution in [1.29, 1.82) is 0 Å². The molecule has 2 saturated carbocycles. The molecule has 1 aliphatic heterocycles. The molecule has 0 bridgehead atoms. The maximum Gasteiger partial charge on any atom is 0.242 e. The standard InChI is InChI=1S/C25H29ClN2O3S/c26-18-5-9-20(10-6-18)31-16-22-21-12-14-32-23(21)11-13-27(22)24(29)15-28(19-7-8-19)25(30)17-3-1-2-4-17/h5-6,9-10,12,14,17,19,22H,1-4,7-8,11,13,15-16H2/t22-/m0/s1. The molecule has 2 amide bonds. The fourth-order valence-corrected chi connectivity index (χ4v) is 6.05. The summed E-state index contributed by atoms with van der Waals surface area (Å²) in [6.45, 7) is 1.24. The second kappa shape index (κ2) is 9.44. The molecule has 1 aromatic carbocycles. The summed E-state index contributed by atoms with van der Waals surface area (Å²) in [4.78, 5) is 31.8. The molecular weight excluding hydrogens is 444 g/mol. The molecule has 0 N–H and O–H groups in total. The summed E-state index contributed by atoms with van der Waals surface area (Å²) in [5.41, 5.74) is 1.17. The molecule has 2 aromatic rings. The number of thiophene rings is 1. The Hall–Kier alpha value is -2.05. The van der Waals surface area contributed by atoms with Crippen LogP contribution < -0.4 is 4.74 Å². The van der Waals surface area contributed by atoms with Gasteiger partial charge in [0.05, 0.1) is 6.04 Å². The van der Waals surface area contributed by atoms with Gasteiger partial charge in [-0.05, 0) is 73.4 Å². The third-order valence-electron chi connectivity index (χ3n) is 6.92. The van der Waals surface area contributed by atoms with Crippen molar-refractivity contribution in [2.75, 3.05) is 19.7 Å². The van der Waals surface area contributed by atoms with Gasteiger partial charge in [-0.25, -0.2) is 0 Å². The van der Waals surface area contributed by atoms with Crippen LogP contribution >= 0.6 is 22.9 Å². The minimum Gasteiger partial charge on any atom is -0.491 e. The van der Waals surface area contributed by atoms with Gasteiger partial charge in [-0.1, -0.05) is 24.4 Å². The van der Waals surface area contributed by atoms with Crippen molar-refractivity contribution in [1.82, 2.24) is 9.80 Å². The molecule has 0 saturated heterocycles. The van der Waals surface area contributed by atoms with Gasteiger partial charge in [0.25, 0.3) is 0 Å². The van der Waals surface area contributed by atoms with Crippen LogP contribution in [-0.4, -0.2) is 47.4 Å². The number of carbonyl (C=O) groups is 2. The number of halogens is 1. The highest BCUT2D eigenvalue weighted by molar-refractivity contribution is 7.10. The quantitative estimate of drug-likeness (QED) is 0.564. The van der Waals surface area contributed by atoms with Crippen LogP contribution in [0.15, 0.2) is 35.7 Å². The molecule has 5 nitrogen and oxygen atoms in total. The van der Waals surface area contributed by atoms with Gasteiger partial charge in [0, 0.05) is 28.4 Å². The number of amides is 2. The summed E-state index contributed by atoms with van der Waals surface area (Å²) in [6, 6.07) is 9.52. The summed E-state index contributed by atoms with van der Waals surface area (Å²) < 4.78 is 6.07. The number of rotatable bonds is 7. The zero-order valence-electron chi connectivity index (χ0n) is 18.2. The predicted octanol–water partition coefficient (Wildman–Crippen LogP) is 5.09. The maximum atomic E-state index is 13.5. The van der Waals surface area contributed by atoms with E-state index in [1.807, 2.05) is 21.9 Å². The van der Waals surface area contributed by atoms with E-state index in [0.717, 1.165) is 50.7 Å². The third-order valence-corrected chi connectivity index (χ3v) is 8.17. The van der Waals surface area contributed by atoms with Crippen LogP contribution in [0.5, 0.6) is 5.75 Å². The van der Waals surface area contributed by atoms with E-state index < -0.39 is 0 Å². The highest BCUT2D eigenvalue weighted by Gasteiger charge is 2.40. The van der Waals surface area contributed by atoms with Gasteiger partial charge in [0.15, 0.2) is 0 Å². The van der Waals surface area contributed by atoms with Crippen LogP contribution in [0.1, 0.15) is 55.0 Å².